The van der Waals surface area contributed by atoms with Crippen LogP contribution in [0.3, 0.4) is 0 Å². The third-order valence-corrected chi connectivity index (χ3v) is 6.46. The zero-order valence-electron chi connectivity index (χ0n) is 13.1. The molecule has 1 heterocycles. The molecule has 2 atom stereocenters. The molecule has 0 radical (unpaired) electrons. The van der Waals surface area contributed by atoms with Crippen LogP contribution >= 0.6 is 0 Å². The average Bonchev–Trinajstić information content (AvgIpc) is 2.86. The molecule has 2 N–H and O–H groups in total. The van der Waals surface area contributed by atoms with Crippen molar-refractivity contribution in [1.82, 2.24) is 13.9 Å². The maximum atomic E-state index is 12.9. The summed E-state index contributed by atoms with van der Waals surface area (Å²) >= 11 is 0. The molecule has 0 amide bonds. The Kier molecular flexibility index (Phi) is 4.75. The van der Waals surface area contributed by atoms with Gasteiger partial charge in [-0.1, -0.05) is 26.7 Å². The van der Waals surface area contributed by atoms with E-state index in [1.165, 1.54) is 6.33 Å². The fraction of sp³-hybridized carbons (Fsp3) is 0.786. The Balaban J connectivity index is 2.41. The number of sulfonamides is 1. The second kappa shape index (κ2) is 6.06. The second-order valence-electron chi connectivity index (χ2n) is 6.18. The lowest BCUT2D eigenvalue weighted by atomic mass is 9.76. The van der Waals surface area contributed by atoms with Gasteiger partial charge in [-0.15, -0.1) is 0 Å². The molecule has 2 unspecified atom stereocenters. The van der Waals surface area contributed by atoms with Gasteiger partial charge >= 0.3 is 0 Å². The van der Waals surface area contributed by atoms with Crippen molar-refractivity contribution in [3.8, 4) is 0 Å². The van der Waals surface area contributed by atoms with Gasteiger partial charge in [-0.25, -0.2) is 13.4 Å². The van der Waals surface area contributed by atoms with Crippen LogP contribution in [-0.4, -0.2) is 40.9 Å². The van der Waals surface area contributed by atoms with E-state index in [1.807, 2.05) is 6.92 Å². The van der Waals surface area contributed by atoms with Gasteiger partial charge in [0.1, 0.15) is 0 Å². The molecule has 0 aliphatic heterocycles. The van der Waals surface area contributed by atoms with Gasteiger partial charge in [0.2, 0.25) is 0 Å². The highest BCUT2D eigenvalue weighted by molar-refractivity contribution is 7.89. The lowest BCUT2D eigenvalue weighted by Crippen LogP contribution is -2.58. The van der Waals surface area contributed by atoms with Crippen molar-refractivity contribution >= 4 is 10.0 Å². The van der Waals surface area contributed by atoms with Gasteiger partial charge in [0.25, 0.3) is 10.0 Å². The average molecular weight is 314 g/mol. The first-order valence-electron chi connectivity index (χ1n) is 7.56. The Morgan fingerprint density at radius 3 is 2.76 bits per heavy atom. The predicted octanol–water partition coefficient (Wildman–Crippen LogP) is 1.34. The second-order valence-corrected chi connectivity index (χ2v) is 7.99. The minimum atomic E-state index is -3.60. The smallest absolute Gasteiger partial charge is 0.262 e. The van der Waals surface area contributed by atoms with Gasteiger partial charge in [-0.3, -0.25) is 0 Å². The standard InChI is InChI=1S/C14H26N4O2S/c1-4-18(14(10-15)7-5-6-12(2)8-14)21(19,20)13-9-17(3)11-16-13/h9,11-12H,4-8,10,15H2,1-3H3. The van der Waals surface area contributed by atoms with E-state index in [2.05, 4.69) is 11.9 Å². The lowest BCUT2D eigenvalue weighted by molar-refractivity contribution is 0.112. The Labute approximate surface area is 127 Å². The summed E-state index contributed by atoms with van der Waals surface area (Å²) in [5.74, 6) is 0.496. The number of hydrogen-bond acceptors (Lipinski definition) is 4. The molecular formula is C14H26N4O2S. The summed E-state index contributed by atoms with van der Waals surface area (Å²) in [5.41, 5.74) is 5.56. The zero-order valence-corrected chi connectivity index (χ0v) is 13.9. The molecule has 1 aromatic rings. The summed E-state index contributed by atoms with van der Waals surface area (Å²) in [6.07, 6.45) is 6.88. The minimum absolute atomic E-state index is 0.109. The van der Waals surface area contributed by atoms with Crippen LogP contribution in [0.15, 0.2) is 17.6 Å². The van der Waals surface area contributed by atoms with E-state index >= 15 is 0 Å². The monoisotopic (exact) mass is 314 g/mol. The molecule has 1 fully saturated rings. The molecule has 120 valence electrons. The van der Waals surface area contributed by atoms with E-state index in [4.69, 9.17) is 5.73 Å². The first-order valence-corrected chi connectivity index (χ1v) is 9.00. The zero-order chi connectivity index (χ0) is 15.7. The van der Waals surface area contributed by atoms with Gasteiger partial charge in [0.15, 0.2) is 5.03 Å². The van der Waals surface area contributed by atoms with E-state index in [0.717, 1.165) is 25.7 Å². The van der Waals surface area contributed by atoms with Gasteiger partial charge in [0, 0.05) is 31.9 Å². The third-order valence-electron chi connectivity index (χ3n) is 4.50. The SMILES string of the molecule is CCN(C1(CN)CCCC(C)C1)S(=O)(=O)c1cn(C)cn1. The van der Waals surface area contributed by atoms with Crippen molar-refractivity contribution < 1.29 is 8.42 Å². The molecule has 1 saturated carbocycles. The maximum absolute atomic E-state index is 12.9. The molecule has 0 aromatic carbocycles. The summed E-state index contributed by atoms with van der Waals surface area (Å²) in [4.78, 5) is 4.03. The number of rotatable bonds is 5. The van der Waals surface area contributed by atoms with E-state index in [1.54, 1.807) is 22.1 Å². The normalized spacial score (nSPS) is 27.2. The number of nitrogens with two attached hydrogens (primary N) is 1. The highest BCUT2D eigenvalue weighted by Crippen LogP contribution is 2.38. The van der Waals surface area contributed by atoms with Crippen molar-refractivity contribution in [2.45, 2.75) is 50.1 Å². The predicted molar refractivity (Wildman–Crippen MR) is 82.2 cm³/mol. The summed E-state index contributed by atoms with van der Waals surface area (Å²) in [6, 6.07) is 0. The van der Waals surface area contributed by atoms with Crippen molar-refractivity contribution in [3.63, 3.8) is 0 Å². The molecule has 1 aromatic heterocycles. The Hall–Kier alpha value is -0.920. The van der Waals surface area contributed by atoms with E-state index in [-0.39, 0.29) is 5.03 Å². The van der Waals surface area contributed by atoms with Crippen LogP contribution in [-0.2, 0) is 17.1 Å². The molecule has 0 saturated heterocycles. The highest BCUT2D eigenvalue weighted by atomic mass is 32.2. The number of aryl methyl sites for hydroxylation is 1. The topological polar surface area (TPSA) is 81.2 Å². The first kappa shape index (κ1) is 16.5. The van der Waals surface area contributed by atoms with Crippen LogP contribution in [0.4, 0.5) is 0 Å². The molecular weight excluding hydrogens is 288 g/mol. The molecule has 6 nitrogen and oxygen atoms in total. The van der Waals surface area contributed by atoms with Gasteiger partial charge in [0.05, 0.1) is 6.33 Å². The molecule has 0 bridgehead atoms. The Bertz CT molecular complexity index is 584. The van der Waals surface area contributed by atoms with Gasteiger partial charge in [-0.05, 0) is 18.8 Å². The first-order chi connectivity index (χ1) is 9.85. The maximum Gasteiger partial charge on any atom is 0.262 e. The summed E-state index contributed by atoms with van der Waals surface area (Å²) in [7, 11) is -1.83. The van der Waals surface area contributed by atoms with Crippen molar-refractivity contribution in [1.29, 1.82) is 0 Å². The minimum Gasteiger partial charge on any atom is -0.339 e. The molecule has 2 rings (SSSR count). The van der Waals surface area contributed by atoms with Crippen LogP contribution in [0.5, 0.6) is 0 Å². The Morgan fingerprint density at radius 1 is 1.57 bits per heavy atom. The van der Waals surface area contributed by atoms with Crippen LogP contribution in [0.25, 0.3) is 0 Å². The van der Waals surface area contributed by atoms with Crippen molar-refractivity contribution in [2.24, 2.45) is 18.7 Å². The highest BCUT2D eigenvalue weighted by Gasteiger charge is 2.45. The Morgan fingerprint density at radius 2 is 2.29 bits per heavy atom. The number of imidazole rings is 1. The van der Waals surface area contributed by atoms with Gasteiger partial charge < -0.3 is 10.3 Å². The molecule has 1 aliphatic rings. The summed E-state index contributed by atoms with van der Waals surface area (Å²) in [5, 5.41) is 0.109. The van der Waals surface area contributed by atoms with E-state index in [0.29, 0.717) is 19.0 Å². The lowest BCUT2D eigenvalue weighted by Gasteiger charge is -2.46. The fourth-order valence-corrected chi connectivity index (χ4v) is 5.34. The third kappa shape index (κ3) is 3.00. The van der Waals surface area contributed by atoms with Crippen LogP contribution in [0.2, 0.25) is 0 Å². The quantitative estimate of drug-likeness (QED) is 0.889. The van der Waals surface area contributed by atoms with Crippen molar-refractivity contribution in [3.05, 3.63) is 12.5 Å². The van der Waals surface area contributed by atoms with Crippen LogP contribution < -0.4 is 5.73 Å². The number of hydrogen-bond donors (Lipinski definition) is 1. The molecule has 0 spiro atoms. The van der Waals surface area contributed by atoms with Crippen molar-refractivity contribution in [2.75, 3.05) is 13.1 Å². The van der Waals surface area contributed by atoms with Crippen LogP contribution in [0.1, 0.15) is 39.5 Å². The van der Waals surface area contributed by atoms with Gasteiger partial charge in [-0.2, -0.15) is 4.31 Å². The number of likely N-dealkylation sites (N-methyl/N-ethyl adjacent to an activating group) is 1. The molecule has 7 heteroatoms. The van der Waals surface area contributed by atoms with E-state index < -0.39 is 15.6 Å². The summed E-state index contributed by atoms with van der Waals surface area (Å²) in [6.45, 7) is 4.82. The van der Waals surface area contributed by atoms with Crippen LogP contribution in [0, 0.1) is 5.92 Å². The van der Waals surface area contributed by atoms with E-state index in [9.17, 15) is 8.42 Å². The number of aromatic nitrogens is 2. The molecule has 1 aliphatic carbocycles. The number of nitrogens with zero attached hydrogens (tertiary/aromatic N) is 3. The fourth-order valence-electron chi connectivity index (χ4n) is 3.54. The largest absolute Gasteiger partial charge is 0.339 e. The summed E-state index contributed by atoms with van der Waals surface area (Å²) < 4.78 is 29.1. The molecule has 21 heavy (non-hydrogen) atoms.